The van der Waals surface area contributed by atoms with Gasteiger partial charge in [0.2, 0.25) is 5.88 Å². The van der Waals surface area contributed by atoms with Gasteiger partial charge >= 0.3 is 12.4 Å². The average Bonchev–Trinajstić information content (AvgIpc) is 2.85. The maximum atomic E-state index is 13.5. The summed E-state index contributed by atoms with van der Waals surface area (Å²) in [5, 5.41) is 9.91. The highest BCUT2D eigenvalue weighted by Gasteiger charge is 2.43. The number of anilines is 2. The van der Waals surface area contributed by atoms with Crippen molar-refractivity contribution in [2.45, 2.75) is 38.0 Å². The van der Waals surface area contributed by atoms with Gasteiger partial charge in [0.25, 0.3) is 0 Å². The largest absolute Gasteiger partial charge is 0.478 e. The topological polar surface area (TPSA) is 48.8 Å². The number of nitrogens with zero attached hydrogens (tertiary/aromatic N) is 3. The van der Waals surface area contributed by atoms with Crippen LogP contribution in [0.25, 0.3) is 0 Å². The van der Waals surface area contributed by atoms with Crippen LogP contribution in [0, 0.1) is 0 Å². The van der Waals surface area contributed by atoms with Crippen LogP contribution in [0.1, 0.15) is 29.8 Å². The van der Waals surface area contributed by atoms with Crippen LogP contribution in [0.15, 0.2) is 66.7 Å². The third-order valence-electron chi connectivity index (χ3n) is 6.07. The molecule has 1 aliphatic heterocycles. The van der Waals surface area contributed by atoms with Crippen LogP contribution >= 0.6 is 0 Å². The Kier molecular flexibility index (Phi) is 7.54. The Morgan fingerprint density at radius 3 is 2.35 bits per heavy atom. The standard InChI is InChI=1S/C26H25F6N3O2/c1-2-37-24-12-6-9-19(33-24)14-34-15-22(17-7-5-8-18(13-17)25(27,28)29)35(16-23(36)26(30,31)32)21-11-4-3-10-20(21)34/h3-13,22-23,36H,2,14-16H2,1H3/t22?,23-/m1/s1. The van der Waals surface area contributed by atoms with Crippen molar-refractivity contribution in [3.8, 4) is 5.88 Å². The first kappa shape index (κ1) is 26.6. The second-order valence-corrected chi connectivity index (χ2v) is 8.62. The fraction of sp³-hybridized carbons (Fsp3) is 0.346. The summed E-state index contributed by atoms with van der Waals surface area (Å²) in [5.74, 6) is 0.412. The molecule has 3 aromatic rings. The molecule has 0 saturated carbocycles. The minimum Gasteiger partial charge on any atom is -0.478 e. The number of β-amino-alcohol motifs (C(OH)–C–C–N with tert-alkyl or cyclic N) is 1. The summed E-state index contributed by atoms with van der Waals surface area (Å²) in [4.78, 5) is 7.64. The molecule has 0 bridgehead atoms. The number of hydrogen-bond acceptors (Lipinski definition) is 5. The minimum absolute atomic E-state index is 0.0590. The minimum atomic E-state index is -4.89. The van der Waals surface area contributed by atoms with E-state index in [1.165, 1.54) is 17.0 Å². The highest BCUT2D eigenvalue weighted by molar-refractivity contribution is 5.74. The number of pyridine rings is 1. The third kappa shape index (κ3) is 6.10. The molecule has 11 heteroatoms. The van der Waals surface area contributed by atoms with E-state index in [2.05, 4.69) is 4.98 Å². The SMILES string of the molecule is CCOc1cccc(CN2CC(c3cccc(C(F)(F)F)c3)N(C[C@@H](O)C(F)(F)F)c3ccccc32)n1. The summed E-state index contributed by atoms with van der Waals surface area (Å²) in [7, 11) is 0. The molecule has 0 saturated heterocycles. The molecule has 2 heterocycles. The Hall–Kier alpha value is -3.47. The first-order valence-electron chi connectivity index (χ1n) is 11.6. The maximum Gasteiger partial charge on any atom is 0.416 e. The molecule has 0 amide bonds. The van der Waals surface area contributed by atoms with Gasteiger partial charge in [-0.1, -0.05) is 30.3 Å². The summed E-state index contributed by atoms with van der Waals surface area (Å²) in [6.07, 6.45) is -12.2. The average molecular weight is 525 g/mol. The van der Waals surface area contributed by atoms with Gasteiger partial charge in [0.1, 0.15) is 0 Å². The molecule has 5 nitrogen and oxygen atoms in total. The van der Waals surface area contributed by atoms with E-state index >= 15 is 0 Å². The molecule has 1 N–H and O–H groups in total. The number of aromatic nitrogens is 1. The molecule has 37 heavy (non-hydrogen) atoms. The van der Waals surface area contributed by atoms with Crippen molar-refractivity contribution in [2.24, 2.45) is 0 Å². The lowest BCUT2D eigenvalue weighted by molar-refractivity contribution is -0.200. The van der Waals surface area contributed by atoms with Crippen molar-refractivity contribution >= 4 is 11.4 Å². The van der Waals surface area contributed by atoms with Gasteiger partial charge < -0.3 is 19.6 Å². The zero-order valence-corrected chi connectivity index (χ0v) is 19.8. The van der Waals surface area contributed by atoms with Crippen LogP contribution in [-0.2, 0) is 12.7 Å². The second kappa shape index (κ2) is 10.5. The van der Waals surface area contributed by atoms with Gasteiger partial charge in [-0.15, -0.1) is 0 Å². The Morgan fingerprint density at radius 1 is 0.973 bits per heavy atom. The lowest BCUT2D eigenvalue weighted by Crippen LogP contribution is -2.49. The zero-order valence-electron chi connectivity index (χ0n) is 19.8. The fourth-order valence-electron chi connectivity index (χ4n) is 4.39. The normalized spacial score (nSPS) is 16.9. The molecule has 0 spiro atoms. The number of alkyl halides is 6. The monoisotopic (exact) mass is 525 g/mol. The molecule has 4 rings (SSSR count). The van der Waals surface area contributed by atoms with Crippen molar-refractivity contribution in [1.82, 2.24) is 4.98 Å². The van der Waals surface area contributed by atoms with E-state index in [4.69, 9.17) is 4.74 Å². The van der Waals surface area contributed by atoms with Gasteiger partial charge in [-0.25, -0.2) is 4.98 Å². The smallest absolute Gasteiger partial charge is 0.416 e. The van der Waals surface area contributed by atoms with Gasteiger partial charge in [-0.05, 0) is 42.8 Å². The van der Waals surface area contributed by atoms with E-state index in [-0.39, 0.29) is 18.7 Å². The first-order chi connectivity index (χ1) is 17.5. The van der Waals surface area contributed by atoms with Crippen molar-refractivity contribution < 1.29 is 36.2 Å². The number of aliphatic hydroxyl groups excluding tert-OH is 1. The first-order valence-corrected chi connectivity index (χ1v) is 11.6. The number of aliphatic hydroxyl groups is 1. The number of fused-ring (bicyclic) bond motifs is 1. The molecular weight excluding hydrogens is 500 g/mol. The van der Waals surface area contributed by atoms with Crippen molar-refractivity contribution in [3.63, 3.8) is 0 Å². The van der Waals surface area contributed by atoms with E-state index in [9.17, 15) is 31.4 Å². The quantitative estimate of drug-likeness (QED) is 0.384. The summed E-state index contributed by atoms with van der Waals surface area (Å²) < 4.78 is 85.9. The molecular formula is C26H25F6N3O2. The molecule has 0 radical (unpaired) electrons. The maximum absolute atomic E-state index is 13.5. The predicted octanol–water partition coefficient (Wildman–Crippen LogP) is 5.99. The predicted molar refractivity (Wildman–Crippen MR) is 126 cm³/mol. The van der Waals surface area contributed by atoms with Crippen molar-refractivity contribution in [2.75, 3.05) is 29.5 Å². The number of benzene rings is 2. The second-order valence-electron chi connectivity index (χ2n) is 8.62. The number of ether oxygens (including phenoxy) is 1. The van der Waals surface area contributed by atoms with Gasteiger partial charge in [0, 0.05) is 12.6 Å². The Morgan fingerprint density at radius 2 is 1.68 bits per heavy atom. The van der Waals surface area contributed by atoms with Crippen molar-refractivity contribution in [1.29, 1.82) is 0 Å². The molecule has 1 aromatic heterocycles. The van der Waals surface area contributed by atoms with E-state index in [1.54, 1.807) is 42.5 Å². The van der Waals surface area contributed by atoms with Gasteiger partial charge in [0.15, 0.2) is 6.10 Å². The number of rotatable bonds is 7. The molecule has 2 atom stereocenters. The van der Waals surface area contributed by atoms with Crippen LogP contribution < -0.4 is 14.5 Å². The fourth-order valence-corrected chi connectivity index (χ4v) is 4.39. The Balaban J connectivity index is 1.78. The summed E-state index contributed by atoms with van der Waals surface area (Å²) in [5.41, 5.74) is 0.828. The molecule has 1 unspecified atom stereocenters. The third-order valence-corrected chi connectivity index (χ3v) is 6.07. The zero-order chi connectivity index (χ0) is 26.8. The highest BCUT2D eigenvalue weighted by atomic mass is 19.4. The summed E-state index contributed by atoms with van der Waals surface area (Å²) in [6.45, 7) is 1.69. The van der Waals surface area contributed by atoms with Gasteiger partial charge in [0.05, 0.1) is 48.4 Å². The molecule has 2 aromatic carbocycles. The molecule has 198 valence electrons. The number of hydrogen-bond donors (Lipinski definition) is 1. The summed E-state index contributed by atoms with van der Waals surface area (Å²) in [6, 6.07) is 15.5. The summed E-state index contributed by atoms with van der Waals surface area (Å²) >= 11 is 0. The molecule has 0 fully saturated rings. The molecule has 1 aliphatic rings. The van der Waals surface area contributed by atoms with Crippen LogP contribution in [0.3, 0.4) is 0 Å². The van der Waals surface area contributed by atoms with Gasteiger partial charge in [-0.3, -0.25) is 0 Å². The molecule has 0 aliphatic carbocycles. The van der Waals surface area contributed by atoms with Crippen LogP contribution in [0.4, 0.5) is 37.7 Å². The van der Waals surface area contributed by atoms with E-state index in [0.717, 1.165) is 12.1 Å². The highest BCUT2D eigenvalue weighted by Crippen LogP contribution is 2.43. The van der Waals surface area contributed by atoms with Crippen molar-refractivity contribution in [3.05, 3.63) is 83.6 Å². The lowest BCUT2D eigenvalue weighted by Gasteiger charge is -2.45. The van der Waals surface area contributed by atoms with E-state index < -0.39 is 36.6 Å². The van der Waals surface area contributed by atoms with Crippen LogP contribution in [0.5, 0.6) is 5.88 Å². The number of para-hydroxylation sites is 2. The Labute approximate surface area is 209 Å². The lowest BCUT2D eigenvalue weighted by atomic mass is 9.97. The van der Waals surface area contributed by atoms with Crippen LogP contribution in [0.2, 0.25) is 0 Å². The van der Waals surface area contributed by atoms with Crippen LogP contribution in [-0.4, -0.2) is 42.1 Å². The Bertz CT molecular complexity index is 1220. The van der Waals surface area contributed by atoms with Gasteiger partial charge in [-0.2, -0.15) is 26.3 Å². The van der Waals surface area contributed by atoms with E-state index in [1.807, 2.05) is 11.8 Å². The van der Waals surface area contributed by atoms with E-state index in [0.29, 0.717) is 29.6 Å². The number of halogens is 6.